The molecule has 63 heavy (non-hydrogen) atoms. The van der Waals surface area contributed by atoms with Crippen LogP contribution in [-0.4, -0.2) is 53.3 Å². The Bertz CT molecular complexity index is 2190. The normalized spacial score (nSPS) is 11.1. The molecule has 0 aromatic heterocycles. The molecule has 0 saturated carbocycles. The zero-order chi connectivity index (χ0) is 46.8. The Balaban J connectivity index is 0.000000560. The highest BCUT2D eigenvalue weighted by atomic mass is 16.6. The van der Waals surface area contributed by atoms with Gasteiger partial charge in [0.25, 0.3) is 5.91 Å². The second-order valence-corrected chi connectivity index (χ2v) is 17.3. The van der Waals surface area contributed by atoms with E-state index in [9.17, 15) is 29.2 Å². The first-order valence-corrected chi connectivity index (χ1v) is 20.5. The van der Waals surface area contributed by atoms with Gasteiger partial charge in [-0.1, -0.05) is 60.7 Å². The molecule has 0 aliphatic carbocycles. The van der Waals surface area contributed by atoms with E-state index >= 15 is 0 Å². The summed E-state index contributed by atoms with van der Waals surface area (Å²) in [7, 11) is 0. The SMILES string of the molecule is CC(C)(C)OC(=O)CCC(=O)OC(C)(C)C.CC(C)(C)OC(=O)Nc1ccc(C(=O)OCc2ccccc2)c(CCCOc2c(OCc3ccccc3)cc(C#N)cc2C(N)=O)c1. The van der Waals surface area contributed by atoms with E-state index < -0.39 is 34.8 Å². The average molecular weight is 866 g/mol. The van der Waals surface area contributed by atoms with Crippen LogP contribution >= 0.6 is 0 Å². The van der Waals surface area contributed by atoms with Crippen molar-refractivity contribution in [1.29, 1.82) is 5.26 Å². The lowest BCUT2D eigenvalue weighted by atomic mass is 10.0. The highest BCUT2D eigenvalue weighted by molar-refractivity contribution is 5.97. The first-order chi connectivity index (χ1) is 29.5. The lowest BCUT2D eigenvalue weighted by molar-refractivity contribution is -0.162. The minimum absolute atomic E-state index is 0.0147. The fourth-order valence-corrected chi connectivity index (χ4v) is 5.57. The summed E-state index contributed by atoms with van der Waals surface area (Å²) in [5, 5.41) is 12.2. The zero-order valence-corrected chi connectivity index (χ0v) is 37.6. The number of rotatable bonds is 16. The number of nitrogens with zero attached hydrogens (tertiary/aromatic N) is 1. The maximum absolute atomic E-state index is 13.2. The molecule has 4 aromatic carbocycles. The molecular formula is C49H59N3O11. The highest BCUT2D eigenvalue weighted by Crippen LogP contribution is 2.34. The topological polar surface area (TPSA) is 203 Å². The van der Waals surface area contributed by atoms with Crippen LogP contribution in [0.1, 0.15) is 125 Å². The van der Waals surface area contributed by atoms with E-state index in [1.54, 1.807) is 80.5 Å². The predicted molar refractivity (Wildman–Crippen MR) is 237 cm³/mol. The van der Waals surface area contributed by atoms with E-state index in [2.05, 4.69) is 5.32 Å². The molecule has 0 unspecified atom stereocenters. The zero-order valence-electron chi connectivity index (χ0n) is 37.6. The second kappa shape index (κ2) is 23.4. The highest BCUT2D eigenvalue weighted by Gasteiger charge is 2.22. The van der Waals surface area contributed by atoms with Crippen LogP contribution < -0.4 is 20.5 Å². The molecule has 3 N–H and O–H groups in total. The fourth-order valence-electron chi connectivity index (χ4n) is 5.57. The van der Waals surface area contributed by atoms with Crippen molar-refractivity contribution >= 4 is 35.6 Å². The quantitative estimate of drug-likeness (QED) is 0.0615. The summed E-state index contributed by atoms with van der Waals surface area (Å²) in [5.74, 6) is -1.72. The van der Waals surface area contributed by atoms with Gasteiger partial charge in [0, 0.05) is 11.8 Å². The van der Waals surface area contributed by atoms with Crippen molar-refractivity contribution in [2.75, 3.05) is 11.9 Å². The summed E-state index contributed by atoms with van der Waals surface area (Å²) in [6.45, 7) is 16.4. The Kier molecular flexibility index (Phi) is 18.7. The van der Waals surface area contributed by atoms with Gasteiger partial charge in [0.05, 0.1) is 42.2 Å². The van der Waals surface area contributed by atoms with Crippen molar-refractivity contribution in [3.63, 3.8) is 0 Å². The number of nitriles is 1. The number of esters is 3. The van der Waals surface area contributed by atoms with Crippen LogP contribution in [0.2, 0.25) is 0 Å². The number of anilines is 1. The third-order valence-corrected chi connectivity index (χ3v) is 8.08. The Morgan fingerprint density at radius 2 is 1.19 bits per heavy atom. The van der Waals surface area contributed by atoms with Gasteiger partial charge in [0.2, 0.25) is 0 Å². The molecule has 0 bridgehead atoms. The molecule has 0 radical (unpaired) electrons. The number of amides is 2. The van der Waals surface area contributed by atoms with Crippen LogP contribution in [0.25, 0.3) is 0 Å². The number of aryl methyl sites for hydroxylation is 1. The van der Waals surface area contributed by atoms with Gasteiger partial charge in [-0.3, -0.25) is 19.7 Å². The molecule has 0 fully saturated rings. The van der Waals surface area contributed by atoms with Gasteiger partial charge in [-0.2, -0.15) is 5.26 Å². The number of carbonyl (C=O) groups excluding carboxylic acids is 5. The van der Waals surface area contributed by atoms with Gasteiger partial charge in [-0.05, 0) is 116 Å². The number of carbonyl (C=O) groups is 5. The van der Waals surface area contributed by atoms with Crippen molar-refractivity contribution in [1.82, 2.24) is 0 Å². The predicted octanol–water partition coefficient (Wildman–Crippen LogP) is 9.40. The molecule has 2 amide bonds. The molecule has 0 spiro atoms. The number of nitrogens with one attached hydrogen (secondary N) is 1. The van der Waals surface area contributed by atoms with Gasteiger partial charge >= 0.3 is 24.0 Å². The van der Waals surface area contributed by atoms with E-state index in [0.29, 0.717) is 29.7 Å². The largest absolute Gasteiger partial charge is 0.489 e. The van der Waals surface area contributed by atoms with Crippen LogP contribution in [0.3, 0.4) is 0 Å². The lowest BCUT2D eigenvalue weighted by Crippen LogP contribution is -2.27. The molecule has 0 aliphatic rings. The third kappa shape index (κ3) is 19.6. The first kappa shape index (κ1) is 50.5. The molecular weight excluding hydrogens is 807 g/mol. The van der Waals surface area contributed by atoms with Crippen molar-refractivity contribution in [2.45, 2.75) is 118 Å². The molecule has 0 atom stereocenters. The van der Waals surface area contributed by atoms with Gasteiger partial charge in [0.1, 0.15) is 30.0 Å². The maximum Gasteiger partial charge on any atom is 0.412 e. The van der Waals surface area contributed by atoms with Crippen molar-refractivity contribution in [2.24, 2.45) is 5.73 Å². The average Bonchev–Trinajstić information content (AvgIpc) is 3.19. The van der Waals surface area contributed by atoms with E-state index in [-0.39, 0.29) is 67.2 Å². The third-order valence-electron chi connectivity index (χ3n) is 8.08. The summed E-state index contributed by atoms with van der Waals surface area (Å²) in [5.41, 5.74) is 7.26. The smallest absolute Gasteiger partial charge is 0.412 e. The maximum atomic E-state index is 13.2. The summed E-state index contributed by atoms with van der Waals surface area (Å²) < 4.78 is 33.1. The number of primary amides is 1. The minimum atomic E-state index is -0.772. The van der Waals surface area contributed by atoms with Crippen LogP contribution in [0, 0.1) is 11.3 Å². The van der Waals surface area contributed by atoms with Gasteiger partial charge in [-0.25, -0.2) is 9.59 Å². The van der Waals surface area contributed by atoms with Crippen molar-refractivity contribution in [3.8, 4) is 17.6 Å². The molecule has 0 aliphatic heterocycles. The number of hydrogen-bond donors (Lipinski definition) is 2. The summed E-state index contributed by atoms with van der Waals surface area (Å²) in [6, 6.07) is 28.5. The molecule has 0 saturated heterocycles. The lowest BCUT2D eigenvalue weighted by Gasteiger charge is -2.21. The van der Waals surface area contributed by atoms with Crippen molar-refractivity contribution in [3.05, 3.63) is 124 Å². The van der Waals surface area contributed by atoms with Crippen LogP contribution in [-0.2, 0) is 48.2 Å². The Morgan fingerprint density at radius 1 is 0.651 bits per heavy atom. The standard InChI is InChI=1S/C37H37N3O7.C12H22O4/c1-37(2,3)47-36(43)40-29-16-17-30(35(42)46-24-26-13-8-5-9-14-26)28(21-29)15-10-18-44-33-31(34(39)41)19-27(22-38)20-32(33)45-23-25-11-6-4-7-12-25;1-11(2,3)15-9(13)7-8-10(14)16-12(4,5)6/h4-9,11-14,16-17,19-21H,10,15,18,23-24H2,1-3H3,(H2,39,41)(H,40,43);7-8H2,1-6H3. The monoisotopic (exact) mass is 865 g/mol. The van der Waals surface area contributed by atoms with E-state index in [4.69, 9.17) is 34.2 Å². The number of ether oxygens (including phenoxy) is 6. The summed E-state index contributed by atoms with van der Waals surface area (Å²) >= 11 is 0. The number of hydrogen-bond acceptors (Lipinski definition) is 12. The van der Waals surface area contributed by atoms with Crippen molar-refractivity contribution < 1.29 is 52.4 Å². The first-order valence-electron chi connectivity index (χ1n) is 20.5. The fraction of sp³-hybridized carbons (Fsp3) is 0.388. The van der Waals surface area contributed by atoms with Crippen LogP contribution in [0.5, 0.6) is 11.5 Å². The molecule has 0 heterocycles. The van der Waals surface area contributed by atoms with Gasteiger partial charge in [0.15, 0.2) is 11.5 Å². The number of benzene rings is 4. The van der Waals surface area contributed by atoms with Crippen LogP contribution in [0.15, 0.2) is 91.0 Å². The van der Waals surface area contributed by atoms with Crippen LogP contribution in [0.4, 0.5) is 10.5 Å². The molecule has 336 valence electrons. The summed E-state index contributed by atoms with van der Waals surface area (Å²) in [4.78, 5) is 60.5. The number of nitrogens with two attached hydrogens (primary N) is 1. The molecule has 4 rings (SSSR count). The van der Waals surface area contributed by atoms with E-state index in [0.717, 1.165) is 11.1 Å². The Hall–Kier alpha value is -6.88. The Morgan fingerprint density at radius 3 is 1.70 bits per heavy atom. The molecule has 14 nitrogen and oxygen atoms in total. The minimum Gasteiger partial charge on any atom is -0.489 e. The van der Waals surface area contributed by atoms with E-state index in [1.165, 1.54) is 12.1 Å². The van der Waals surface area contributed by atoms with Gasteiger partial charge in [-0.15, -0.1) is 0 Å². The van der Waals surface area contributed by atoms with E-state index in [1.807, 2.05) is 66.7 Å². The Labute approximate surface area is 370 Å². The molecule has 4 aromatic rings. The summed E-state index contributed by atoms with van der Waals surface area (Å²) in [6.07, 6.45) is 0.236. The molecule has 14 heteroatoms. The second-order valence-electron chi connectivity index (χ2n) is 17.3. The van der Waals surface area contributed by atoms with Gasteiger partial charge < -0.3 is 34.2 Å².